The summed E-state index contributed by atoms with van der Waals surface area (Å²) in [7, 11) is 0. The van der Waals surface area contributed by atoms with Crippen LogP contribution in [0.1, 0.15) is 90.2 Å². The molecule has 0 heterocycles. The van der Waals surface area contributed by atoms with E-state index in [4.69, 9.17) is 4.74 Å². The number of esters is 1. The van der Waals surface area contributed by atoms with Crippen molar-refractivity contribution < 1.29 is 22.7 Å². The lowest BCUT2D eigenvalue weighted by Gasteiger charge is -2.38. The topological polar surface area (TPSA) is 50.1 Å². The number of hydrogen-bond donors (Lipinski definition) is 0. The zero-order valence-electron chi connectivity index (χ0n) is 18.5. The van der Waals surface area contributed by atoms with E-state index in [0.29, 0.717) is 12.0 Å². The Labute approximate surface area is 178 Å². The fourth-order valence-electron chi connectivity index (χ4n) is 4.25. The van der Waals surface area contributed by atoms with Crippen molar-refractivity contribution in [1.82, 2.24) is 0 Å². The molecule has 3 unspecified atom stereocenters. The van der Waals surface area contributed by atoms with Crippen LogP contribution >= 0.6 is 0 Å². The Morgan fingerprint density at radius 2 is 1.70 bits per heavy atom. The first-order valence-corrected chi connectivity index (χ1v) is 10.9. The fourth-order valence-corrected chi connectivity index (χ4v) is 4.25. The van der Waals surface area contributed by atoms with Gasteiger partial charge in [0.05, 0.1) is 17.0 Å². The summed E-state index contributed by atoms with van der Waals surface area (Å²) in [6.45, 7) is 7.35. The molecule has 0 spiro atoms. The lowest BCUT2D eigenvalue weighted by atomic mass is 9.64. The number of rotatable bonds is 12. The molecule has 0 amide bonds. The van der Waals surface area contributed by atoms with Gasteiger partial charge in [-0.05, 0) is 36.8 Å². The van der Waals surface area contributed by atoms with Crippen molar-refractivity contribution in [2.24, 2.45) is 5.92 Å². The summed E-state index contributed by atoms with van der Waals surface area (Å²) in [5.41, 5.74) is -1.55. The van der Waals surface area contributed by atoms with Crippen LogP contribution in [-0.2, 0) is 21.1 Å². The van der Waals surface area contributed by atoms with E-state index in [9.17, 15) is 23.2 Å². The van der Waals surface area contributed by atoms with Crippen molar-refractivity contribution in [3.63, 3.8) is 0 Å². The third-order valence-corrected chi connectivity index (χ3v) is 5.64. The Kier molecular flexibility index (Phi) is 10.4. The molecular weight excluding hydrogens is 391 g/mol. The molecule has 0 aliphatic heterocycles. The molecule has 1 aromatic carbocycles. The van der Waals surface area contributed by atoms with Crippen LogP contribution in [0.2, 0.25) is 0 Å². The molecule has 1 rings (SSSR count). The lowest BCUT2D eigenvalue weighted by Crippen LogP contribution is -2.39. The molecule has 0 N–H and O–H groups in total. The van der Waals surface area contributed by atoms with E-state index in [0.717, 1.165) is 50.7 Å². The van der Waals surface area contributed by atoms with Gasteiger partial charge in [0.25, 0.3) is 0 Å². The van der Waals surface area contributed by atoms with Crippen LogP contribution in [0.4, 0.5) is 13.2 Å². The summed E-state index contributed by atoms with van der Waals surface area (Å²) in [5.74, 6) is -0.559. The van der Waals surface area contributed by atoms with E-state index >= 15 is 0 Å². The maximum atomic E-state index is 13.4. The first-order valence-electron chi connectivity index (χ1n) is 10.9. The fraction of sp³-hybridized carbons (Fsp3) is 0.667. The Morgan fingerprint density at radius 1 is 1.07 bits per heavy atom. The van der Waals surface area contributed by atoms with E-state index in [1.54, 1.807) is 6.07 Å². The Morgan fingerprint density at radius 3 is 2.20 bits per heavy atom. The number of ether oxygens (including phenoxy) is 1. The number of carbonyl (C=O) groups is 1. The molecule has 0 radical (unpaired) electrons. The molecule has 0 aromatic heterocycles. The Bertz CT molecular complexity index is 711. The van der Waals surface area contributed by atoms with Gasteiger partial charge in [-0.3, -0.25) is 4.79 Å². The predicted octanol–water partition coefficient (Wildman–Crippen LogP) is 7.20. The van der Waals surface area contributed by atoms with Gasteiger partial charge >= 0.3 is 12.1 Å². The largest absolute Gasteiger partial charge is 0.462 e. The van der Waals surface area contributed by atoms with Crippen LogP contribution < -0.4 is 0 Å². The molecule has 3 nitrogen and oxygen atoms in total. The summed E-state index contributed by atoms with van der Waals surface area (Å²) >= 11 is 0. The van der Waals surface area contributed by atoms with Crippen LogP contribution in [0.3, 0.4) is 0 Å². The predicted molar refractivity (Wildman–Crippen MR) is 112 cm³/mol. The number of hydrogen-bond acceptors (Lipinski definition) is 3. The van der Waals surface area contributed by atoms with Crippen LogP contribution in [-0.4, -0.2) is 12.1 Å². The standard InChI is InChI=1S/C24H34F3NO2/c1-5-8-12-19(10-6-2)23(17-28,16-22(11-7-3)30-18(4)29)20-13-9-14-21(15-20)24(25,26)27/h9,13-15,19,22H,5-8,10-12,16H2,1-4H3. The van der Waals surface area contributed by atoms with Gasteiger partial charge in [-0.15, -0.1) is 0 Å². The van der Waals surface area contributed by atoms with Gasteiger partial charge in [0.2, 0.25) is 0 Å². The summed E-state index contributed by atoms with van der Waals surface area (Å²) in [6, 6.07) is 7.53. The van der Waals surface area contributed by atoms with E-state index in [1.165, 1.54) is 13.0 Å². The molecule has 0 aliphatic carbocycles. The minimum Gasteiger partial charge on any atom is -0.462 e. The van der Waals surface area contributed by atoms with Gasteiger partial charge in [-0.1, -0.05) is 64.7 Å². The molecule has 0 saturated carbocycles. The SMILES string of the molecule is CCCCC(CCC)C(C#N)(CC(CCC)OC(C)=O)c1cccc(C(F)(F)F)c1. The summed E-state index contributed by atoms with van der Waals surface area (Å²) in [6.07, 6.45) is 0.628. The second-order valence-corrected chi connectivity index (χ2v) is 8.01. The zero-order chi connectivity index (χ0) is 22.8. The van der Waals surface area contributed by atoms with E-state index in [2.05, 4.69) is 13.0 Å². The molecule has 30 heavy (non-hydrogen) atoms. The van der Waals surface area contributed by atoms with Crippen molar-refractivity contribution in [3.8, 4) is 6.07 Å². The van der Waals surface area contributed by atoms with Crippen molar-refractivity contribution in [1.29, 1.82) is 5.26 Å². The van der Waals surface area contributed by atoms with Gasteiger partial charge in [0, 0.05) is 13.3 Å². The molecule has 0 fully saturated rings. The molecule has 1 aromatic rings. The smallest absolute Gasteiger partial charge is 0.416 e. The first kappa shape index (κ1) is 26.0. The molecule has 168 valence electrons. The number of alkyl halides is 3. The molecule has 3 atom stereocenters. The number of halogens is 3. The number of nitrogens with zero attached hydrogens (tertiary/aromatic N) is 1. The second kappa shape index (κ2) is 12.0. The Balaban J connectivity index is 3.59. The number of unbranched alkanes of at least 4 members (excludes halogenated alkanes) is 1. The lowest BCUT2D eigenvalue weighted by molar-refractivity contribution is -0.147. The highest BCUT2D eigenvalue weighted by molar-refractivity contribution is 5.66. The van der Waals surface area contributed by atoms with Gasteiger partial charge in [-0.2, -0.15) is 18.4 Å². The first-order chi connectivity index (χ1) is 14.1. The molecule has 0 aliphatic rings. The third kappa shape index (κ3) is 7.04. The van der Waals surface area contributed by atoms with Crippen LogP contribution in [0, 0.1) is 17.2 Å². The van der Waals surface area contributed by atoms with E-state index in [-0.39, 0.29) is 12.3 Å². The van der Waals surface area contributed by atoms with Gasteiger partial charge in [0.15, 0.2) is 0 Å². The average molecular weight is 426 g/mol. The van der Waals surface area contributed by atoms with Crippen molar-refractivity contribution in [2.45, 2.75) is 96.8 Å². The monoisotopic (exact) mass is 425 g/mol. The second-order valence-electron chi connectivity index (χ2n) is 8.01. The van der Waals surface area contributed by atoms with Gasteiger partial charge < -0.3 is 4.74 Å². The molecule has 0 bridgehead atoms. The highest BCUT2D eigenvalue weighted by atomic mass is 19.4. The quantitative estimate of drug-likeness (QED) is 0.333. The number of benzene rings is 1. The minimum absolute atomic E-state index is 0.120. The summed E-state index contributed by atoms with van der Waals surface area (Å²) in [4.78, 5) is 11.6. The molecule has 0 saturated heterocycles. The van der Waals surface area contributed by atoms with Crippen LogP contribution in [0.15, 0.2) is 24.3 Å². The van der Waals surface area contributed by atoms with E-state index < -0.39 is 29.2 Å². The Hall–Kier alpha value is -2.03. The highest BCUT2D eigenvalue weighted by Gasteiger charge is 2.43. The summed E-state index contributed by atoms with van der Waals surface area (Å²) < 4.78 is 45.7. The normalized spacial score (nSPS) is 15.7. The molecule has 6 heteroatoms. The van der Waals surface area contributed by atoms with E-state index in [1.807, 2.05) is 13.8 Å². The van der Waals surface area contributed by atoms with Gasteiger partial charge in [-0.25, -0.2) is 0 Å². The minimum atomic E-state index is -4.49. The molecular formula is C24H34F3NO2. The zero-order valence-corrected chi connectivity index (χ0v) is 18.5. The van der Waals surface area contributed by atoms with Crippen molar-refractivity contribution >= 4 is 5.97 Å². The average Bonchev–Trinajstić information content (AvgIpc) is 2.68. The number of nitriles is 1. The third-order valence-electron chi connectivity index (χ3n) is 5.64. The highest BCUT2D eigenvalue weighted by Crippen LogP contribution is 2.44. The number of carbonyl (C=O) groups excluding carboxylic acids is 1. The maximum Gasteiger partial charge on any atom is 0.416 e. The van der Waals surface area contributed by atoms with Crippen LogP contribution in [0.25, 0.3) is 0 Å². The van der Waals surface area contributed by atoms with Crippen molar-refractivity contribution in [2.75, 3.05) is 0 Å². The van der Waals surface area contributed by atoms with Crippen LogP contribution in [0.5, 0.6) is 0 Å². The van der Waals surface area contributed by atoms with Crippen molar-refractivity contribution in [3.05, 3.63) is 35.4 Å². The summed E-state index contributed by atoms with van der Waals surface area (Å²) in [5, 5.41) is 10.4. The maximum absolute atomic E-state index is 13.4. The van der Waals surface area contributed by atoms with Gasteiger partial charge in [0.1, 0.15) is 6.10 Å².